The first-order valence-electron chi connectivity index (χ1n) is 17.9. The Morgan fingerprint density at radius 3 is 1.77 bits per heavy atom. The topological polar surface area (TPSA) is 156 Å². The predicted molar refractivity (Wildman–Crippen MR) is 214 cm³/mol. The number of rotatable bonds is 8. The molecule has 0 N–H and O–H groups in total. The van der Waals surface area contributed by atoms with Crippen LogP contribution in [0.5, 0.6) is 0 Å². The van der Waals surface area contributed by atoms with Crippen LogP contribution < -0.4 is 0 Å². The molecule has 0 radical (unpaired) electrons. The van der Waals surface area contributed by atoms with Crippen molar-refractivity contribution >= 4 is 55.5 Å². The van der Waals surface area contributed by atoms with Crippen molar-refractivity contribution in [1.82, 2.24) is 24.8 Å². The van der Waals surface area contributed by atoms with Crippen molar-refractivity contribution in [2.45, 2.75) is 52.1 Å². The van der Waals surface area contributed by atoms with Crippen LogP contribution in [0.15, 0.2) is 88.2 Å². The van der Waals surface area contributed by atoms with Crippen LogP contribution in [-0.2, 0) is 9.47 Å². The van der Waals surface area contributed by atoms with E-state index in [1.807, 2.05) is 32.9 Å². The molecule has 2 atom stereocenters. The Bertz CT molecular complexity index is 1990. The molecule has 0 saturated carbocycles. The lowest BCUT2D eigenvalue weighted by molar-refractivity contribution is 0.0286. The van der Waals surface area contributed by atoms with Gasteiger partial charge in [0, 0.05) is 72.1 Å². The standard InChI is InChI=1S/C18H16FN3O.C16H21BrN2O3.C7H6BrNO2/c19-16-4-1-14(2-5-16)15-3-6-17(21-10-15)18(23)9-13-7-8-22(11-13)12-20;1-16(2,3)22-15(21)19-7-6-11(10-19)8-14(20)13-5-4-12(17)9-18-13;1-11-7(10)6-3-2-5(8)4-9-6/h1-6,10,13H,7-9,11H2;4-5,9,11H,6-8,10H2,1-3H3;2-4H,1H3/t13-;11-;/m00./s1. The average molecular weight is 895 g/mol. The SMILES string of the molecule is CC(C)(C)OC(=O)N1CC[C@@H](CC(=O)c2ccc(Br)cn2)C1.COC(=O)c1ccc(Br)cn1.N#CN1CC[C@@H](CC(=O)c2ccc(-c3ccc(F)cc3)cn2)C1. The summed E-state index contributed by atoms with van der Waals surface area (Å²) in [5.41, 5.74) is 2.43. The highest BCUT2D eigenvalue weighted by atomic mass is 79.9. The molecule has 0 spiro atoms. The molecule has 6 rings (SSSR count). The van der Waals surface area contributed by atoms with E-state index in [0.29, 0.717) is 49.6 Å². The molecule has 0 aliphatic carbocycles. The lowest BCUT2D eigenvalue weighted by Crippen LogP contribution is -2.35. The lowest BCUT2D eigenvalue weighted by Gasteiger charge is -2.24. The van der Waals surface area contributed by atoms with Crippen LogP contribution in [0, 0.1) is 29.1 Å². The monoisotopic (exact) mass is 892 g/mol. The third kappa shape index (κ3) is 13.9. The van der Waals surface area contributed by atoms with Gasteiger partial charge in [-0.25, -0.2) is 19.0 Å². The van der Waals surface area contributed by atoms with Gasteiger partial charge >= 0.3 is 12.1 Å². The van der Waals surface area contributed by atoms with Crippen LogP contribution >= 0.6 is 31.9 Å². The summed E-state index contributed by atoms with van der Waals surface area (Å²) in [4.78, 5) is 62.9. The molecule has 2 aliphatic rings. The van der Waals surface area contributed by atoms with Gasteiger partial charge in [-0.1, -0.05) is 18.2 Å². The van der Waals surface area contributed by atoms with Crippen molar-refractivity contribution in [2.24, 2.45) is 11.8 Å². The van der Waals surface area contributed by atoms with Crippen LogP contribution in [0.4, 0.5) is 9.18 Å². The molecule has 0 unspecified atom stereocenters. The Morgan fingerprint density at radius 1 is 0.768 bits per heavy atom. The minimum absolute atomic E-state index is 0.000413. The minimum Gasteiger partial charge on any atom is -0.464 e. The van der Waals surface area contributed by atoms with E-state index in [2.05, 4.69) is 57.7 Å². The number of carbonyl (C=O) groups is 4. The first kappa shape index (κ1) is 43.7. The summed E-state index contributed by atoms with van der Waals surface area (Å²) in [5, 5.41) is 8.85. The normalized spacial score (nSPS) is 16.0. The Morgan fingerprint density at radius 2 is 1.29 bits per heavy atom. The van der Waals surface area contributed by atoms with Crippen LogP contribution in [0.3, 0.4) is 0 Å². The van der Waals surface area contributed by atoms with Crippen LogP contribution in [-0.4, -0.2) is 87.3 Å². The average Bonchev–Trinajstić information content (AvgIpc) is 3.85. The number of hydrogen-bond acceptors (Lipinski definition) is 11. The molecule has 0 bridgehead atoms. The van der Waals surface area contributed by atoms with Crippen LogP contribution in [0.1, 0.15) is 77.9 Å². The Kier molecular flexibility index (Phi) is 16.2. The first-order valence-corrected chi connectivity index (χ1v) is 19.4. The number of carbonyl (C=O) groups excluding carboxylic acids is 4. The maximum atomic E-state index is 12.9. The van der Waals surface area contributed by atoms with Gasteiger partial charge in [-0.3, -0.25) is 19.6 Å². The third-order valence-corrected chi connectivity index (χ3v) is 9.61. The molecule has 1 amide bonds. The largest absolute Gasteiger partial charge is 0.464 e. The number of methoxy groups -OCH3 is 1. The second kappa shape index (κ2) is 20.7. The predicted octanol–water partition coefficient (Wildman–Crippen LogP) is 8.57. The van der Waals surface area contributed by atoms with Crippen LogP contribution in [0.25, 0.3) is 11.1 Å². The zero-order chi connectivity index (χ0) is 40.8. The number of Topliss-reactive ketones (excluding diaryl/α,β-unsaturated/α-hetero) is 2. The number of ether oxygens (including phenoxy) is 2. The molecule has 2 fully saturated rings. The van der Waals surface area contributed by atoms with E-state index in [4.69, 9.17) is 10.00 Å². The molecular weight excluding hydrogens is 851 g/mol. The first-order chi connectivity index (χ1) is 26.6. The zero-order valence-corrected chi connectivity index (χ0v) is 34.8. The summed E-state index contributed by atoms with van der Waals surface area (Å²) < 4.78 is 24.4. The van der Waals surface area contributed by atoms with E-state index in [1.54, 1.807) is 64.8 Å². The van der Waals surface area contributed by atoms with E-state index in [-0.39, 0.29) is 35.3 Å². The van der Waals surface area contributed by atoms with E-state index >= 15 is 0 Å². The highest BCUT2D eigenvalue weighted by Crippen LogP contribution is 2.25. The molecule has 3 aromatic heterocycles. The Balaban J connectivity index is 0.000000198. The minimum atomic E-state index is -0.494. The van der Waals surface area contributed by atoms with E-state index in [1.165, 1.54) is 19.2 Å². The number of aromatic nitrogens is 3. The number of likely N-dealkylation sites (tertiary alicyclic amines) is 2. The smallest absolute Gasteiger partial charge is 0.410 e. The van der Waals surface area contributed by atoms with Gasteiger partial charge in [0.25, 0.3) is 0 Å². The molecule has 1 aromatic carbocycles. The molecule has 56 heavy (non-hydrogen) atoms. The van der Waals surface area contributed by atoms with Gasteiger partial charge < -0.3 is 19.3 Å². The number of nitrogens with zero attached hydrogens (tertiary/aromatic N) is 6. The van der Waals surface area contributed by atoms with Crippen molar-refractivity contribution in [3.05, 3.63) is 111 Å². The zero-order valence-electron chi connectivity index (χ0n) is 31.6. The van der Waals surface area contributed by atoms with Gasteiger partial charge in [0.2, 0.25) is 0 Å². The third-order valence-electron chi connectivity index (χ3n) is 8.67. The quantitative estimate of drug-likeness (QED) is 0.0949. The number of pyridine rings is 3. The van der Waals surface area contributed by atoms with E-state index in [9.17, 15) is 23.6 Å². The molecule has 294 valence electrons. The van der Waals surface area contributed by atoms with Gasteiger partial charge in [0.1, 0.15) is 28.5 Å². The van der Waals surface area contributed by atoms with E-state index < -0.39 is 11.6 Å². The number of hydrogen-bond donors (Lipinski definition) is 0. The summed E-state index contributed by atoms with van der Waals surface area (Å²) in [5.74, 6) is -0.288. The van der Waals surface area contributed by atoms with Crippen molar-refractivity contribution < 1.29 is 33.0 Å². The molecule has 15 heteroatoms. The summed E-state index contributed by atoms with van der Waals surface area (Å²) in [7, 11) is 1.33. The number of nitriles is 1. The second-order valence-electron chi connectivity index (χ2n) is 14.2. The van der Waals surface area contributed by atoms with Crippen molar-refractivity contribution in [2.75, 3.05) is 33.3 Å². The Hall–Kier alpha value is -5.07. The summed E-state index contributed by atoms with van der Waals surface area (Å²) in [6, 6.07) is 16.5. The number of amides is 1. The maximum absolute atomic E-state index is 12.9. The summed E-state index contributed by atoms with van der Waals surface area (Å²) in [6.45, 7) is 8.13. The van der Waals surface area contributed by atoms with Gasteiger partial charge in [0.15, 0.2) is 17.8 Å². The summed E-state index contributed by atoms with van der Waals surface area (Å²) in [6.07, 6.45) is 9.14. The molecule has 2 aliphatic heterocycles. The number of benzene rings is 1. The number of ketones is 2. The highest BCUT2D eigenvalue weighted by Gasteiger charge is 2.31. The van der Waals surface area contributed by atoms with E-state index in [0.717, 1.165) is 39.5 Å². The molecule has 5 heterocycles. The van der Waals surface area contributed by atoms with Gasteiger partial charge in [-0.2, -0.15) is 5.26 Å². The van der Waals surface area contributed by atoms with Crippen molar-refractivity contribution in [3.63, 3.8) is 0 Å². The lowest BCUT2D eigenvalue weighted by atomic mass is 9.99. The highest BCUT2D eigenvalue weighted by molar-refractivity contribution is 9.10. The number of esters is 1. The second-order valence-corrected chi connectivity index (χ2v) is 16.0. The van der Waals surface area contributed by atoms with Crippen molar-refractivity contribution in [1.29, 1.82) is 5.26 Å². The fraction of sp³-hybridized carbons (Fsp3) is 0.366. The molecule has 4 aromatic rings. The number of halogens is 3. The maximum Gasteiger partial charge on any atom is 0.410 e. The fourth-order valence-electron chi connectivity index (χ4n) is 5.83. The van der Waals surface area contributed by atoms with Gasteiger partial charge in [0.05, 0.1) is 7.11 Å². The van der Waals surface area contributed by atoms with Crippen molar-refractivity contribution in [3.8, 4) is 17.3 Å². The fourth-order valence-corrected chi connectivity index (χ4v) is 6.30. The summed E-state index contributed by atoms with van der Waals surface area (Å²) >= 11 is 6.50. The molecular formula is C41H43Br2FN6O6. The molecule has 12 nitrogen and oxygen atoms in total. The van der Waals surface area contributed by atoms with Crippen LogP contribution in [0.2, 0.25) is 0 Å². The molecule has 2 saturated heterocycles. The van der Waals surface area contributed by atoms with Gasteiger partial charge in [-0.15, -0.1) is 0 Å². The van der Waals surface area contributed by atoms with Gasteiger partial charge in [-0.05, 0) is 125 Å². The Labute approximate surface area is 342 Å².